The van der Waals surface area contributed by atoms with Crippen LogP contribution in [0.3, 0.4) is 0 Å². The third-order valence-electron chi connectivity index (χ3n) is 2.77. The average Bonchev–Trinajstić information content (AvgIpc) is 2.42. The van der Waals surface area contributed by atoms with Gasteiger partial charge in [-0.3, -0.25) is 14.9 Å². The molecular weight excluding hydrogens is 276 g/mol. The zero-order valence-corrected chi connectivity index (χ0v) is 12.0. The lowest BCUT2D eigenvalue weighted by Gasteiger charge is -2.26. The summed E-state index contributed by atoms with van der Waals surface area (Å²) >= 11 is 0. The van der Waals surface area contributed by atoms with Crippen LogP contribution in [0.1, 0.15) is 13.3 Å². The van der Waals surface area contributed by atoms with E-state index in [1.165, 1.54) is 25.3 Å². The molecule has 0 amide bonds. The molecule has 0 aliphatic carbocycles. The molecule has 114 valence electrons. The van der Waals surface area contributed by atoms with Gasteiger partial charge in [0.25, 0.3) is 5.69 Å². The van der Waals surface area contributed by atoms with E-state index in [0.29, 0.717) is 18.0 Å². The lowest BCUT2D eigenvalue weighted by Crippen LogP contribution is -2.28. The fourth-order valence-electron chi connectivity index (χ4n) is 1.88. The highest BCUT2D eigenvalue weighted by Gasteiger charge is 2.18. The Kier molecular flexibility index (Phi) is 5.71. The minimum absolute atomic E-state index is 0.0761. The lowest BCUT2D eigenvalue weighted by atomic mass is 10.2. The normalized spacial score (nSPS) is 10.0. The molecule has 7 heteroatoms. The maximum atomic E-state index is 10.9. The van der Waals surface area contributed by atoms with Gasteiger partial charge in [-0.25, -0.2) is 0 Å². The number of ether oxygens (including phenoxy) is 1. The maximum absolute atomic E-state index is 10.9. The molecule has 1 N–H and O–H groups in total. The summed E-state index contributed by atoms with van der Waals surface area (Å²) in [5, 5.41) is 19.7. The number of benzene rings is 1. The highest BCUT2D eigenvalue weighted by molar-refractivity contribution is 5.69. The molecule has 0 fully saturated rings. The Balaban J connectivity index is 3.18. The van der Waals surface area contributed by atoms with Crippen molar-refractivity contribution in [3.05, 3.63) is 40.5 Å². The number of nitro groups is 1. The number of rotatable bonds is 8. The van der Waals surface area contributed by atoms with Crippen molar-refractivity contribution in [3.63, 3.8) is 0 Å². The minimum Gasteiger partial charge on any atom is -0.495 e. The van der Waals surface area contributed by atoms with Crippen LogP contribution in [-0.4, -0.2) is 36.2 Å². The number of hydrogen-bond donors (Lipinski definition) is 1. The number of methoxy groups -OCH3 is 1. The number of carboxylic acids is 1. The Morgan fingerprint density at radius 1 is 1.52 bits per heavy atom. The fourth-order valence-corrected chi connectivity index (χ4v) is 1.88. The van der Waals surface area contributed by atoms with Gasteiger partial charge in [-0.15, -0.1) is 0 Å². The van der Waals surface area contributed by atoms with Crippen molar-refractivity contribution in [2.75, 3.05) is 25.1 Å². The number of aliphatic carboxylic acids is 1. The lowest BCUT2D eigenvalue weighted by molar-refractivity contribution is -0.384. The van der Waals surface area contributed by atoms with Gasteiger partial charge in [0.2, 0.25) is 0 Å². The van der Waals surface area contributed by atoms with Gasteiger partial charge >= 0.3 is 5.97 Å². The van der Waals surface area contributed by atoms with Crippen molar-refractivity contribution >= 4 is 17.3 Å². The van der Waals surface area contributed by atoms with E-state index in [1.54, 1.807) is 11.8 Å². The van der Waals surface area contributed by atoms with Gasteiger partial charge in [-0.2, -0.15) is 0 Å². The van der Waals surface area contributed by atoms with Crippen molar-refractivity contribution in [2.24, 2.45) is 0 Å². The van der Waals surface area contributed by atoms with Crippen LogP contribution in [0.25, 0.3) is 0 Å². The first-order valence-corrected chi connectivity index (χ1v) is 6.28. The number of nitro benzene ring substituents is 1. The van der Waals surface area contributed by atoms with Crippen molar-refractivity contribution in [2.45, 2.75) is 13.3 Å². The first kappa shape index (κ1) is 16.5. The quantitative estimate of drug-likeness (QED) is 0.450. The molecule has 0 saturated heterocycles. The van der Waals surface area contributed by atoms with Crippen LogP contribution < -0.4 is 9.64 Å². The van der Waals surface area contributed by atoms with Gasteiger partial charge in [0.1, 0.15) is 5.75 Å². The van der Waals surface area contributed by atoms with Gasteiger partial charge in [-0.05, 0) is 13.0 Å². The zero-order chi connectivity index (χ0) is 16.0. The number of nitrogens with zero attached hydrogens (tertiary/aromatic N) is 2. The largest absolute Gasteiger partial charge is 0.495 e. The molecule has 0 bridgehead atoms. The van der Waals surface area contributed by atoms with Crippen molar-refractivity contribution in [1.29, 1.82) is 0 Å². The molecule has 1 rings (SSSR count). The Labute approximate surface area is 122 Å². The van der Waals surface area contributed by atoms with Crippen LogP contribution in [0.5, 0.6) is 5.75 Å². The minimum atomic E-state index is -0.939. The zero-order valence-electron chi connectivity index (χ0n) is 12.0. The number of anilines is 1. The molecule has 7 nitrogen and oxygen atoms in total. The molecule has 0 radical (unpaired) electrons. The van der Waals surface area contributed by atoms with Gasteiger partial charge in [0.05, 0.1) is 24.1 Å². The second kappa shape index (κ2) is 7.28. The fraction of sp³-hybridized carbons (Fsp3) is 0.357. The second-order valence-corrected chi connectivity index (χ2v) is 4.64. The topological polar surface area (TPSA) is 92.9 Å². The van der Waals surface area contributed by atoms with Crippen LogP contribution in [0.15, 0.2) is 30.4 Å². The highest BCUT2D eigenvalue weighted by atomic mass is 16.6. The van der Waals surface area contributed by atoms with Crippen molar-refractivity contribution < 1.29 is 19.6 Å². The van der Waals surface area contributed by atoms with Crippen LogP contribution in [0.4, 0.5) is 11.4 Å². The predicted molar refractivity (Wildman–Crippen MR) is 78.9 cm³/mol. The summed E-state index contributed by atoms with van der Waals surface area (Å²) in [6.07, 6.45) is -0.0842. The third-order valence-corrected chi connectivity index (χ3v) is 2.77. The predicted octanol–water partition coefficient (Wildman–Crippen LogP) is 2.46. The van der Waals surface area contributed by atoms with Crippen molar-refractivity contribution in [1.82, 2.24) is 0 Å². The molecule has 1 aromatic carbocycles. The van der Waals surface area contributed by atoms with Gasteiger partial charge in [0, 0.05) is 25.2 Å². The molecule has 0 unspecified atom stereocenters. The van der Waals surface area contributed by atoms with E-state index in [2.05, 4.69) is 6.58 Å². The summed E-state index contributed by atoms with van der Waals surface area (Å²) in [5.41, 5.74) is 1.22. The van der Waals surface area contributed by atoms with E-state index >= 15 is 0 Å². The third kappa shape index (κ3) is 4.79. The molecule has 0 atom stereocenters. The summed E-state index contributed by atoms with van der Waals surface area (Å²) in [6, 6.07) is 4.22. The van der Waals surface area contributed by atoms with Gasteiger partial charge in [0.15, 0.2) is 0 Å². The van der Waals surface area contributed by atoms with E-state index in [4.69, 9.17) is 9.84 Å². The maximum Gasteiger partial charge on any atom is 0.305 e. The summed E-state index contributed by atoms with van der Waals surface area (Å²) in [5.74, 6) is -0.488. The van der Waals surface area contributed by atoms with E-state index < -0.39 is 10.9 Å². The second-order valence-electron chi connectivity index (χ2n) is 4.64. The molecule has 21 heavy (non-hydrogen) atoms. The highest BCUT2D eigenvalue weighted by Crippen LogP contribution is 2.32. The van der Waals surface area contributed by atoms with Gasteiger partial charge in [-0.1, -0.05) is 12.2 Å². The smallest absolute Gasteiger partial charge is 0.305 e. The molecule has 0 aliphatic heterocycles. The van der Waals surface area contributed by atoms with Gasteiger partial charge < -0.3 is 14.7 Å². The van der Waals surface area contributed by atoms with Crippen LogP contribution >= 0.6 is 0 Å². The number of hydrogen-bond acceptors (Lipinski definition) is 5. The number of non-ortho nitro benzene ring substituents is 1. The molecule has 0 spiro atoms. The Morgan fingerprint density at radius 3 is 2.67 bits per heavy atom. The molecule has 0 saturated carbocycles. The monoisotopic (exact) mass is 294 g/mol. The summed E-state index contributed by atoms with van der Waals surface area (Å²) in [6.45, 7) is 6.20. The summed E-state index contributed by atoms with van der Waals surface area (Å²) in [4.78, 5) is 22.9. The first-order chi connectivity index (χ1) is 9.85. The van der Waals surface area contributed by atoms with E-state index in [9.17, 15) is 14.9 Å². The number of carbonyl (C=O) groups is 1. The van der Waals surface area contributed by atoms with Crippen LogP contribution in [0.2, 0.25) is 0 Å². The Morgan fingerprint density at radius 2 is 2.19 bits per heavy atom. The SMILES string of the molecule is C=C(C)CN(CCC(=O)O)c1cc([N+](=O)[O-])ccc1OC. The average molecular weight is 294 g/mol. The van der Waals surface area contributed by atoms with Crippen LogP contribution in [0, 0.1) is 10.1 Å². The summed E-state index contributed by atoms with van der Waals surface area (Å²) < 4.78 is 5.21. The molecule has 1 aromatic rings. The van der Waals surface area contributed by atoms with E-state index in [1.807, 2.05) is 0 Å². The Hall–Kier alpha value is -2.57. The van der Waals surface area contributed by atoms with E-state index in [0.717, 1.165) is 5.57 Å². The standard InChI is InChI=1S/C14H18N2O5/c1-10(2)9-15(7-6-14(17)18)12-8-11(16(19)20)4-5-13(12)21-3/h4-5,8H,1,6-7,9H2,2-3H3,(H,17,18). The van der Waals surface area contributed by atoms with E-state index in [-0.39, 0.29) is 18.7 Å². The number of carboxylic acid groups (broad SMARTS) is 1. The van der Waals surface area contributed by atoms with Crippen LogP contribution in [-0.2, 0) is 4.79 Å². The summed E-state index contributed by atoms with van der Waals surface area (Å²) in [7, 11) is 1.46. The first-order valence-electron chi connectivity index (χ1n) is 6.28. The molecule has 0 aromatic heterocycles. The molecule has 0 heterocycles. The van der Waals surface area contributed by atoms with Crippen molar-refractivity contribution in [3.8, 4) is 5.75 Å². The Bertz CT molecular complexity index is 556. The molecule has 0 aliphatic rings. The molecular formula is C14H18N2O5.